The monoisotopic (exact) mass is 433 g/mol. The number of halogens is 2. The summed E-state index contributed by atoms with van der Waals surface area (Å²) in [5.41, 5.74) is 1.83. The second-order valence-electron chi connectivity index (χ2n) is 5.47. The zero-order chi connectivity index (χ0) is 18.5. The van der Waals surface area contributed by atoms with Gasteiger partial charge in [0.15, 0.2) is 22.5 Å². The lowest BCUT2D eigenvalue weighted by atomic mass is 10.2. The molecule has 0 atom stereocenters. The van der Waals surface area contributed by atoms with Crippen LogP contribution in [0.3, 0.4) is 0 Å². The molecule has 0 saturated heterocycles. The minimum absolute atomic E-state index is 0.242. The molecule has 0 spiro atoms. The molecule has 2 aromatic carbocycles. The van der Waals surface area contributed by atoms with Gasteiger partial charge in [-0.1, -0.05) is 52.0 Å². The van der Waals surface area contributed by atoms with Gasteiger partial charge in [0.05, 0.1) is 7.11 Å². The van der Waals surface area contributed by atoms with E-state index in [1.54, 1.807) is 6.07 Å². The summed E-state index contributed by atoms with van der Waals surface area (Å²) in [6.07, 6.45) is 1.81. The number of nitrogens with zero attached hydrogens (tertiary/aromatic N) is 3. The maximum atomic E-state index is 13.8. The van der Waals surface area contributed by atoms with Crippen molar-refractivity contribution >= 4 is 27.7 Å². The molecule has 0 aliphatic rings. The van der Waals surface area contributed by atoms with Crippen LogP contribution in [0, 0.1) is 5.82 Å². The average molecular weight is 434 g/mol. The van der Waals surface area contributed by atoms with Crippen LogP contribution in [-0.4, -0.2) is 21.9 Å². The summed E-state index contributed by atoms with van der Waals surface area (Å²) in [5, 5.41) is 9.39. The molecule has 0 N–H and O–H groups in total. The van der Waals surface area contributed by atoms with Crippen LogP contribution in [0.1, 0.15) is 5.56 Å². The Morgan fingerprint density at radius 1 is 1.23 bits per heavy atom. The standard InChI is InChI=1S/C19H17BrFN3OS/c1-3-10-24-18(14-5-7-15(20)8-6-14)22-23-19(24)26-12-13-4-9-17(25-2)16(21)11-13/h3-9,11H,1,10,12H2,2H3. The molecular formula is C19H17BrFN3OS. The lowest BCUT2D eigenvalue weighted by Gasteiger charge is -2.08. The molecule has 0 saturated carbocycles. The third-order valence-electron chi connectivity index (χ3n) is 3.72. The lowest BCUT2D eigenvalue weighted by Crippen LogP contribution is -2.00. The summed E-state index contributed by atoms with van der Waals surface area (Å²) in [6, 6.07) is 12.9. The minimum atomic E-state index is -0.367. The van der Waals surface area contributed by atoms with E-state index in [1.165, 1.54) is 24.9 Å². The fraction of sp³-hybridized carbons (Fsp3) is 0.158. The van der Waals surface area contributed by atoms with Gasteiger partial charge in [-0.15, -0.1) is 16.8 Å². The molecule has 0 radical (unpaired) electrons. The maximum absolute atomic E-state index is 13.8. The van der Waals surface area contributed by atoms with Crippen LogP contribution in [0.15, 0.2) is 64.7 Å². The van der Waals surface area contributed by atoms with Gasteiger partial charge in [0.1, 0.15) is 0 Å². The van der Waals surface area contributed by atoms with Crippen molar-refractivity contribution in [2.75, 3.05) is 7.11 Å². The predicted molar refractivity (Wildman–Crippen MR) is 106 cm³/mol. The summed E-state index contributed by atoms with van der Waals surface area (Å²) in [4.78, 5) is 0. The number of ether oxygens (including phenoxy) is 1. The summed E-state index contributed by atoms with van der Waals surface area (Å²) >= 11 is 4.94. The molecular weight excluding hydrogens is 417 g/mol. The number of allylic oxidation sites excluding steroid dienone is 1. The van der Waals surface area contributed by atoms with Crippen LogP contribution < -0.4 is 4.74 Å². The van der Waals surface area contributed by atoms with E-state index in [0.29, 0.717) is 12.3 Å². The molecule has 26 heavy (non-hydrogen) atoms. The highest BCUT2D eigenvalue weighted by molar-refractivity contribution is 9.10. The normalized spacial score (nSPS) is 10.7. The van der Waals surface area contributed by atoms with Crippen molar-refractivity contribution in [3.8, 4) is 17.1 Å². The van der Waals surface area contributed by atoms with E-state index in [4.69, 9.17) is 4.74 Å². The van der Waals surface area contributed by atoms with Gasteiger partial charge in [-0.3, -0.25) is 4.57 Å². The van der Waals surface area contributed by atoms with E-state index < -0.39 is 0 Å². The van der Waals surface area contributed by atoms with Crippen molar-refractivity contribution in [2.24, 2.45) is 0 Å². The number of methoxy groups -OCH3 is 1. The zero-order valence-electron chi connectivity index (χ0n) is 14.2. The van der Waals surface area contributed by atoms with Crippen LogP contribution in [0.4, 0.5) is 4.39 Å². The van der Waals surface area contributed by atoms with Crippen molar-refractivity contribution in [1.29, 1.82) is 0 Å². The Kier molecular flexibility index (Phi) is 6.11. The summed E-state index contributed by atoms with van der Waals surface area (Å²) < 4.78 is 21.8. The van der Waals surface area contributed by atoms with E-state index >= 15 is 0 Å². The predicted octanol–water partition coefficient (Wildman–Crippen LogP) is 5.33. The highest BCUT2D eigenvalue weighted by Gasteiger charge is 2.14. The van der Waals surface area contributed by atoms with Gasteiger partial charge < -0.3 is 4.74 Å². The van der Waals surface area contributed by atoms with Crippen LogP contribution in [0.5, 0.6) is 5.75 Å². The highest BCUT2D eigenvalue weighted by Crippen LogP contribution is 2.28. The maximum Gasteiger partial charge on any atom is 0.192 e. The van der Waals surface area contributed by atoms with Crippen LogP contribution in [-0.2, 0) is 12.3 Å². The van der Waals surface area contributed by atoms with E-state index in [-0.39, 0.29) is 11.6 Å². The van der Waals surface area contributed by atoms with Crippen molar-refractivity contribution in [3.05, 3.63) is 71.0 Å². The number of thioether (sulfide) groups is 1. The summed E-state index contributed by atoms with van der Waals surface area (Å²) in [5.74, 6) is 1.23. The molecule has 0 unspecified atom stereocenters. The zero-order valence-corrected chi connectivity index (χ0v) is 16.6. The molecule has 0 fully saturated rings. The van der Waals surface area contributed by atoms with Crippen molar-refractivity contribution in [2.45, 2.75) is 17.5 Å². The summed E-state index contributed by atoms with van der Waals surface area (Å²) in [7, 11) is 1.45. The van der Waals surface area contributed by atoms with Gasteiger partial charge in [0, 0.05) is 22.3 Å². The minimum Gasteiger partial charge on any atom is -0.494 e. The molecule has 134 valence electrons. The molecule has 1 heterocycles. The number of benzene rings is 2. The fourth-order valence-corrected chi connectivity index (χ4v) is 3.60. The lowest BCUT2D eigenvalue weighted by molar-refractivity contribution is 0.386. The fourth-order valence-electron chi connectivity index (χ4n) is 2.45. The van der Waals surface area contributed by atoms with E-state index in [9.17, 15) is 4.39 Å². The molecule has 4 nitrogen and oxygen atoms in total. The molecule has 0 aliphatic heterocycles. The Bertz CT molecular complexity index is 912. The van der Waals surface area contributed by atoms with Gasteiger partial charge in [0.2, 0.25) is 0 Å². The van der Waals surface area contributed by atoms with Gasteiger partial charge in [0.25, 0.3) is 0 Å². The van der Waals surface area contributed by atoms with E-state index in [0.717, 1.165) is 26.6 Å². The smallest absolute Gasteiger partial charge is 0.192 e. The van der Waals surface area contributed by atoms with Crippen molar-refractivity contribution < 1.29 is 9.13 Å². The second kappa shape index (κ2) is 8.51. The quantitative estimate of drug-likeness (QED) is 0.372. The molecule has 3 rings (SSSR count). The first-order valence-corrected chi connectivity index (χ1v) is 9.65. The van der Waals surface area contributed by atoms with Gasteiger partial charge in [-0.2, -0.15) is 0 Å². The average Bonchev–Trinajstić information content (AvgIpc) is 3.04. The molecule has 1 aromatic heterocycles. The largest absolute Gasteiger partial charge is 0.494 e. The van der Waals surface area contributed by atoms with Gasteiger partial charge >= 0.3 is 0 Å². The molecule has 3 aromatic rings. The SMILES string of the molecule is C=CCn1c(SCc2ccc(OC)c(F)c2)nnc1-c1ccc(Br)cc1. The van der Waals surface area contributed by atoms with Gasteiger partial charge in [-0.25, -0.2) is 4.39 Å². The highest BCUT2D eigenvalue weighted by atomic mass is 79.9. The molecule has 0 bridgehead atoms. The Balaban J connectivity index is 1.82. The Morgan fingerprint density at radius 3 is 2.65 bits per heavy atom. The van der Waals surface area contributed by atoms with Crippen molar-refractivity contribution in [3.63, 3.8) is 0 Å². The first-order valence-electron chi connectivity index (χ1n) is 7.87. The van der Waals surface area contributed by atoms with Gasteiger partial charge in [-0.05, 0) is 29.8 Å². The third-order valence-corrected chi connectivity index (χ3v) is 5.28. The molecule has 0 aliphatic carbocycles. The molecule has 7 heteroatoms. The summed E-state index contributed by atoms with van der Waals surface area (Å²) in [6.45, 7) is 4.41. The topological polar surface area (TPSA) is 39.9 Å². The molecule has 0 amide bonds. The van der Waals surface area contributed by atoms with Crippen LogP contribution in [0.25, 0.3) is 11.4 Å². The first kappa shape index (κ1) is 18.7. The third kappa shape index (κ3) is 4.16. The van der Waals surface area contributed by atoms with Crippen LogP contribution >= 0.6 is 27.7 Å². The number of hydrogen-bond acceptors (Lipinski definition) is 4. The Hall–Kier alpha value is -2.12. The van der Waals surface area contributed by atoms with E-state index in [2.05, 4.69) is 32.7 Å². The second-order valence-corrected chi connectivity index (χ2v) is 7.33. The number of rotatable bonds is 7. The Labute approximate surface area is 164 Å². The first-order chi connectivity index (χ1) is 12.6. The van der Waals surface area contributed by atoms with E-state index in [1.807, 2.05) is 41.0 Å². The van der Waals surface area contributed by atoms with Crippen molar-refractivity contribution in [1.82, 2.24) is 14.8 Å². The Morgan fingerprint density at radius 2 is 2.00 bits per heavy atom. The van der Waals surface area contributed by atoms with Crippen LogP contribution in [0.2, 0.25) is 0 Å². The number of hydrogen-bond donors (Lipinski definition) is 0. The number of aromatic nitrogens is 3.